The molecule has 1 aromatic rings. The molecular formula is C7H6N2O3S2. The van der Waals surface area contributed by atoms with Crippen LogP contribution in [0.25, 0.3) is 0 Å². The highest BCUT2D eigenvalue weighted by Gasteiger charge is 2.13. The Balaban J connectivity index is 2.84. The second kappa shape index (κ2) is 4.87. The van der Waals surface area contributed by atoms with E-state index in [1.165, 1.54) is 6.07 Å². The zero-order chi connectivity index (χ0) is 10.6. The van der Waals surface area contributed by atoms with E-state index in [0.717, 1.165) is 21.6 Å². The summed E-state index contributed by atoms with van der Waals surface area (Å²) < 4.78 is 0. The molecule has 1 amide bonds. The van der Waals surface area contributed by atoms with Crippen molar-refractivity contribution in [3.05, 3.63) is 34.4 Å². The third kappa shape index (κ3) is 2.93. The van der Waals surface area contributed by atoms with Gasteiger partial charge in [0.2, 0.25) is 0 Å². The first kappa shape index (κ1) is 10.9. The third-order valence-electron chi connectivity index (χ3n) is 1.28. The fraction of sp³-hybridized carbons (Fsp3) is 0. The number of nitrogens with two attached hydrogens (primary N) is 1. The van der Waals surface area contributed by atoms with Crippen LogP contribution in [0.15, 0.2) is 29.2 Å². The predicted molar refractivity (Wildman–Crippen MR) is 56.1 cm³/mol. The van der Waals surface area contributed by atoms with Gasteiger partial charge in [-0.3, -0.25) is 14.9 Å². The molecule has 0 radical (unpaired) electrons. The molecule has 5 nitrogen and oxygen atoms in total. The molecule has 0 bridgehead atoms. The summed E-state index contributed by atoms with van der Waals surface area (Å²) in [6, 6.07) is 6.18. The van der Waals surface area contributed by atoms with Crippen molar-refractivity contribution in [3.63, 3.8) is 0 Å². The van der Waals surface area contributed by atoms with Crippen LogP contribution in [0.2, 0.25) is 0 Å². The van der Waals surface area contributed by atoms with Crippen molar-refractivity contribution in [2.75, 3.05) is 0 Å². The van der Waals surface area contributed by atoms with Crippen molar-refractivity contribution >= 4 is 32.5 Å². The number of rotatable bonds is 3. The van der Waals surface area contributed by atoms with Gasteiger partial charge in [-0.1, -0.05) is 12.1 Å². The number of primary amides is 1. The van der Waals surface area contributed by atoms with Gasteiger partial charge in [0.1, 0.15) is 0 Å². The molecule has 0 atom stereocenters. The number of para-hydroxylation sites is 1. The molecule has 0 saturated heterocycles. The Morgan fingerprint density at radius 2 is 2.07 bits per heavy atom. The van der Waals surface area contributed by atoms with Crippen molar-refractivity contribution < 1.29 is 9.72 Å². The first-order valence-electron chi connectivity index (χ1n) is 3.48. The highest BCUT2D eigenvalue weighted by atomic mass is 33.1. The molecule has 1 rings (SSSR count). The summed E-state index contributed by atoms with van der Waals surface area (Å²) in [6.07, 6.45) is 0. The molecule has 0 aliphatic heterocycles. The molecule has 1 aromatic carbocycles. The third-order valence-corrected chi connectivity index (χ3v) is 3.33. The summed E-state index contributed by atoms with van der Waals surface area (Å²) in [6.45, 7) is 0. The topological polar surface area (TPSA) is 86.2 Å². The normalized spacial score (nSPS) is 9.71. The molecule has 0 fully saturated rings. The van der Waals surface area contributed by atoms with Gasteiger partial charge in [0.05, 0.1) is 9.82 Å². The molecule has 0 saturated carbocycles. The second-order valence-electron chi connectivity index (χ2n) is 2.21. The Bertz CT molecular complexity index is 370. The van der Waals surface area contributed by atoms with E-state index in [1.54, 1.807) is 18.2 Å². The van der Waals surface area contributed by atoms with Crippen LogP contribution >= 0.6 is 21.6 Å². The number of carbonyl (C=O) groups excluding carboxylic acids is 1. The summed E-state index contributed by atoms with van der Waals surface area (Å²) in [5.74, 6) is 0. The zero-order valence-corrected chi connectivity index (χ0v) is 8.51. The smallest absolute Gasteiger partial charge is 0.287 e. The first-order chi connectivity index (χ1) is 6.61. The fourth-order valence-electron chi connectivity index (χ4n) is 0.764. The van der Waals surface area contributed by atoms with Crippen molar-refractivity contribution in [2.45, 2.75) is 4.90 Å². The molecule has 0 aliphatic rings. The van der Waals surface area contributed by atoms with Crippen LogP contribution in [0.1, 0.15) is 0 Å². The number of hydrogen-bond donors (Lipinski definition) is 1. The lowest BCUT2D eigenvalue weighted by Gasteiger charge is -1.98. The van der Waals surface area contributed by atoms with Gasteiger partial charge in [-0.25, -0.2) is 0 Å². The van der Waals surface area contributed by atoms with E-state index in [-0.39, 0.29) is 5.69 Å². The number of hydrogen-bond acceptors (Lipinski definition) is 5. The van der Waals surface area contributed by atoms with Crippen LogP contribution in [-0.4, -0.2) is 10.2 Å². The Labute approximate surface area is 87.6 Å². The van der Waals surface area contributed by atoms with Gasteiger partial charge in [-0.15, -0.1) is 0 Å². The summed E-state index contributed by atoms with van der Waals surface area (Å²) in [5.41, 5.74) is 4.88. The van der Waals surface area contributed by atoms with Crippen LogP contribution in [0.5, 0.6) is 0 Å². The maximum atomic E-state index is 10.5. The van der Waals surface area contributed by atoms with E-state index in [0.29, 0.717) is 4.90 Å². The standard InChI is InChI=1S/C7H6N2O3S2/c8-7(10)14-13-6-4-2-1-3-5(6)9(11)12/h1-4H,(H2,8,10). The number of nitro benzene ring substituents is 1. The minimum Gasteiger partial charge on any atom is -0.360 e. The minimum absolute atomic E-state index is 0.0220. The van der Waals surface area contributed by atoms with Gasteiger partial charge < -0.3 is 5.73 Å². The molecule has 0 heterocycles. The monoisotopic (exact) mass is 230 g/mol. The van der Waals surface area contributed by atoms with E-state index in [4.69, 9.17) is 5.73 Å². The van der Waals surface area contributed by atoms with Crippen molar-refractivity contribution in [1.29, 1.82) is 0 Å². The highest BCUT2D eigenvalue weighted by molar-refractivity contribution is 8.82. The average Bonchev–Trinajstić information content (AvgIpc) is 2.15. The lowest BCUT2D eigenvalue weighted by atomic mass is 10.3. The number of amides is 1. The second-order valence-corrected chi connectivity index (χ2v) is 4.39. The quantitative estimate of drug-likeness (QED) is 0.489. The maximum absolute atomic E-state index is 10.5. The number of benzene rings is 1. The van der Waals surface area contributed by atoms with Crippen LogP contribution in [-0.2, 0) is 0 Å². The molecule has 14 heavy (non-hydrogen) atoms. The molecule has 0 spiro atoms. The molecule has 2 N–H and O–H groups in total. The van der Waals surface area contributed by atoms with Gasteiger partial charge >= 0.3 is 0 Å². The van der Waals surface area contributed by atoms with E-state index in [1.807, 2.05) is 0 Å². The Hall–Kier alpha value is -1.21. The van der Waals surface area contributed by atoms with Crippen molar-refractivity contribution in [1.82, 2.24) is 0 Å². The number of nitro groups is 1. The van der Waals surface area contributed by atoms with E-state index in [9.17, 15) is 14.9 Å². The largest absolute Gasteiger partial charge is 0.360 e. The van der Waals surface area contributed by atoms with E-state index >= 15 is 0 Å². The summed E-state index contributed by atoms with van der Waals surface area (Å²) in [4.78, 5) is 20.9. The Morgan fingerprint density at radius 1 is 1.43 bits per heavy atom. The van der Waals surface area contributed by atoms with Crippen LogP contribution in [0.4, 0.5) is 10.5 Å². The van der Waals surface area contributed by atoms with E-state index in [2.05, 4.69) is 0 Å². The number of carbonyl (C=O) groups is 1. The van der Waals surface area contributed by atoms with Gasteiger partial charge in [-0.2, -0.15) is 0 Å². The van der Waals surface area contributed by atoms with Gasteiger partial charge in [-0.05, 0) is 16.9 Å². The summed E-state index contributed by atoms with van der Waals surface area (Å²) in [7, 11) is 1.75. The highest BCUT2D eigenvalue weighted by Crippen LogP contribution is 2.36. The van der Waals surface area contributed by atoms with Crippen molar-refractivity contribution in [2.24, 2.45) is 5.73 Å². The van der Waals surface area contributed by atoms with Crippen LogP contribution in [0, 0.1) is 10.1 Å². The predicted octanol–water partition coefficient (Wildman–Crippen LogP) is 2.41. The summed E-state index contributed by atoms with van der Waals surface area (Å²) >= 11 is 0. The van der Waals surface area contributed by atoms with Gasteiger partial charge in [0.15, 0.2) is 0 Å². The molecular weight excluding hydrogens is 224 g/mol. The van der Waals surface area contributed by atoms with Crippen LogP contribution in [0.3, 0.4) is 0 Å². The average molecular weight is 230 g/mol. The van der Waals surface area contributed by atoms with E-state index < -0.39 is 10.2 Å². The summed E-state index contributed by atoms with van der Waals surface area (Å²) in [5, 5.41) is 9.96. The lowest BCUT2D eigenvalue weighted by molar-refractivity contribution is -0.387. The van der Waals surface area contributed by atoms with Gasteiger partial charge in [0, 0.05) is 16.9 Å². The Kier molecular flexibility index (Phi) is 3.78. The number of nitrogens with zero attached hydrogens (tertiary/aromatic N) is 1. The molecule has 74 valence electrons. The Morgan fingerprint density at radius 3 is 2.64 bits per heavy atom. The van der Waals surface area contributed by atoms with Crippen LogP contribution < -0.4 is 5.73 Å². The zero-order valence-electron chi connectivity index (χ0n) is 6.88. The first-order valence-corrected chi connectivity index (χ1v) is 5.63. The fourth-order valence-corrected chi connectivity index (χ4v) is 2.24. The molecule has 0 aliphatic carbocycles. The maximum Gasteiger partial charge on any atom is 0.287 e. The SMILES string of the molecule is NC(=O)SSc1ccccc1[N+](=O)[O-]. The molecule has 0 aromatic heterocycles. The molecule has 0 unspecified atom stereocenters. The van der Waals surface area contributed by atoms with Crippen molar-refractivity contribution in [3.8, 4) is 0 Å². The lowest BCUT2D eigenvalue weighted by Crippen LogP contribution is -1.99. The minimum atomic E-state index is -0.576. The molecule has 7 heteroatoms. The van der Waals surface area contributed by atoms with Gasteiger partial charge in [0.25, 0.3) is 10.9 Å².